The van der Waals surface area contributed by atoms with Gasteiger partial charge in [-0.1, -0.05) is 25.1 Å². The molecule has 2 nitrogen and oxygen atoms in total. The van der Waals surface area contributed by atoms with E-state index in [2.05, 4.69) is 36.7 Å². The van der Waals surface area contributed by atoms with Gasteiger partial charge in [-0.05, 0) is 37.0 Å². The molecule has 1 aliphatic carbocycles. The summed E-state index contributed by atoms with van der Waals surface area (Å²) in [6, 6.07) is 9.21. The van der Waals surface area contributed by atoms with Gasteiger partial charge < -0.3 is 9.64 Å². The van der Waals surface area contributed by atoms with Gasteiger partial charge in [-0.25, -0.2) is 0 Å². The number of methoxy groups -OCH3 is 1. The van der Waals surface area contributed by atoms with Crippen LogP contribution in [-0.4, -0.2) is 25.1 Å². The normalized spacial score (nSPS) is 30.7. The third-order valence-corrected chi connectivity index (χ3v) is 4.87. The lowest BCUT2D eigenvalue weighted by molar-refractivity contribution is 0.303. The summed E-state index contributed by atoms with van der Waals surface area (Å²) < 4.78 is 5.37. The van der Waals surface area contributed by atoms with E-state index in [1.54, 1.807) is 7.11 Å². The summed E-state index contributed by atoms with van der Waals surface area (Å²) in [7, 11) is 3.93. The highest BCUT2D eigenvalue weighted by atomic mass is 16.5. The van der Waals surface area contributed by atoms with Gasteiger partial charge in [-0.15, -0.1) is 0 Å². The van der Waals surface area contributed by atoms with E-state index in [4.69, 9.17) is 4.74 Å². The molecule has 0 spiro atoms. The zero-order chi connectivity index (χ0) is 12.8. The van der Waals surface area contributed by atoms with Crippen molar-refractivity contribution in [1.82, 2.24) is 4.90 Å². The third kappa shape index (κ3) is 1.48. The Morgan fingerprint density at radius 1 is 1.44 bits per heavy atom. The standard InChI is InChI=1S/C16H21NO/c1-12-16(9-5-7-14(11-16)17(12)2)13-6-4-8-15(10-13)18-3/h4,6,8,10,14H,1,5,7,9,11H2,2-3H3. The van der Waals surface area contributed by atoms with Crippen LogP contribution in [0.5, 0.6) is 5.75 Å². The molecule has 1 aromatic carbocycles. The monoisotopic (exact) mass is 243 g/mol. The van der Waals surface area contributed by atoms with Crippen molar-refractivity contribution in [2.45, 2.75) is 37.1 Å². The molecule has 3 rings (SSSR count). The number of benzene rings is 1. The van der Waals surface area contributed by atoms with Gasteiger partial charge in [0.2, 0.25) is 0 Å². The van der Waals surface area contributed by atoms with E-state index in [1.165, 1.54) is 36.9 Å². The summed E-state index contributed by atoms with van der Waals surface area (Å²) in [4.78, 5) is 2.40. The largest absolute Gasteiger partial charge is 0.497 e. The van der Waals surface area contributed by atoms with Gasteiger partial charge in [0.25, 0.3) is 0 Å². The molecule has 2 aliphatic rings. The molecule has 0 amide bonds. The summed E-state index contributed by atoms with van der Waals surface area (Å²) in [5, 5.41) is 0. The Morgan fingerprint density at radius 2 is 2.28 bits per heavy atom. The van der Waals surface area contributed by atoms with Crippen LogP contribution >= 0.6 is 0 Å². The Hall–Kier alpha value is -1.44. The third-order valence-electron chi connectivity index (χ3n) is 4.87. The van der Waals surface area contributed by atoms with E-state index in [-0.39, 0.29) is 5.41 Å². The average molecular weight is 243 g/mol. The highest BCUT2D eigenvalue weighted by Crippen LogP contribution is 2.52. The molecule has 2 fully saturated rings. The summed E-state index contributed by atoms with van der Waals surface area (Å²) in [5.41, 5.74) is 2.82. The van der Waals surface area contributed by atoms with E-state index >= 15 is 0 Å². The Balaban J connectivity index is 2.06. The number of hydrogen-bond acceptors (Lipinski definition) is 2. The predicted molar refractivity (Wildman–Crippen MR) is 73.8 cm³/mol. The van der Waals surface area contributed by atoms with E-state index < -0.39 is 0 Å². The molecule has 0 N–H and O–H groups in total. The molecule has 2 heteroatoms. The van der Waals surface area contributed by atoms with Gasteiger partial charge >= 0.3 is 0 Å². The molecule has 1 heterocycles. The van der Waals surface area contributed by atoms with Crippen molar-refractivity contribution in [2.24, 2.45) is 0 Å². The van der Waals surface area contributed by atoms with Crippen molar-refractivity contribution < 1.29 is 4.74 Å². The van der Waals surface area contributed by atoms with Gasteiger partial charge in [0.1, 0.15) is 5.75 Å². The maximum atomic E-state index is 5.37. The number of nitrogens with zero attached hydrogens (tertiary/aromatic N) is 1. The topological polar surface area (TPSA) is 12.5 Å². The van der Waals surface area contributed by atoms with Crippen LogP contribution in [0.4, 0.5) is 0 Å². The highest BCUT2D eigenvalue weighted by Gasteiger charge is 2.49. The number of hydrogen-bond donors (Lipinski definition) is 0. The fraction of sp³-hybridized carbons (Fsp3) is 0.500. The number of fused-ring (bicyclic) bond motifs is 2. The SMILES string of the molecule is C=C1N(C)C2CCCC1(c1cccc(OC)c1)C2. The quantitative estimate of drug-likeness (QED) is 0.790. The molecular formula is C16H21NO. The summed E-state index contributed by atoms with van der Waals surface area (Å²) in [6.45, 7) is 4.37. The smallest absolute Gasteiger partial charge is 0.119 e. The first-order valence-corrected chi connectivity index (χ1v) is 6.74. The van der Waals surface area contributed by atoms with Crippen molar-refractivity contribution in [3.8, 4) is 5.75 Å². The van der Waals surface area contributed by atoms with E-state index in [1.807, 2.05) is 6.07 Å². The minimum absolute atomic E-state index is 0.159. The lowest BCUT2D eigenvalue weighted by atomic mass is 9.69. The first kappa shape index (κ1) is 11.6. The van der Waals surface area contributed by atoms with Crippen molar-refractivity contribution in [1.29, 1.82) is 0 Å². The van der Waals surface area contributed by atoms with Crippen LogP contribution in [0.1, 0.15) is 31.2 Å². The number of ether oxygens (including phenoxy) is 1. The molecule has 2 unspecified atom stereocenters. The van der Waals surface area contributed by atoms with Crippen LogP contribution < -0.4 is 4.74 Å². The van der Waals surface area contributed by atoms with Crippen LogP contribution in [0.25, 0.3) is 0 Å². The summed E-state index contributed by atoms with van der Waals surface area (Å²) in [5.74, 6) is 0.950. The molecule has 1 aromatic rings. The fourth-order valence-electron chi connectivity index (χ4n) is 3.75. The summed E-state index contributed by atoms with van der Waals surface area (Å²) in [6.07, 6.45) is 5.04. The molecule has 1 aliphatic heterocycles. The van der Waals surface area contributed by atoms with Crippen LogP contribution in [0, 0.1) is 0 Å². The molecule has 0 aromatic heterocycles. The number of likely N-dealkylation sites (N-methyl/N-ethyl adjacent to an activating group) is 1. The Kier molecular flexibility index (Phi) is 2.61. The van der Waals surface area contributed by atoms with Gasteiger partial charge in [0, 0.05) is 24.2 Å². The van der Waals surface area contributed by atoms with Crippen LogP contribution in [0.15, 0.2) is 36.5 Å². The lowest BCUT2D eigenvalue weighted by Crippen LogP contribution is -2.28. The van der Waals surface area contributed by atoms with Crippen LogP contribution in [0.3, 0.4) is 0 Å². The predicted octanol–water partition coefficient (Wildman–Crippen LogP) is 3.33. The second kappa shape index (κ2) is 4.04. The van der Waals surface area contributed by atoms with Crippen molar-refractivity contribution >= 4 is 0 Å². The highest BCUT2D eigenvalue weighted by molar-refractivity contribution is 5.43. The first-order valence-electron chi connectivity index (χ1n) is 6.74. The van der Waals surface area contributed by atoms with Gasteiger partial charge in [0.15, 0.2) is 0 Å². The van der Waals surface area contributed by atoms with Crippen molar-refractivity contribution in [2.75, 3.05) is 14.2 Å². The van der Waals surface area contributed by atoms with Gasteiger partial charge in [-0.2, -0.15) is 0 Å². The van der Waals surface area contributed by atoms with Crippen molar-refractivity contribution in [3.63, 3.8) is 0 Å². The van der Waals surface area contributed by atoms with E-state index in [0.29, 0.717) is 6.04 Å². The lowest BCUT2D eigenvalue weighted by Gasteiger charge is -2.33. The van der Waals surface area contributed by atoms with Crippen LogP contribution in [-0.2, 0) is 5.41 Å². The fourth-order valence-corrected chi connectivity index (χ4v) is 3.75. The minimum Gasteiger partial charge on any atom is -0.497 e. The molecule has 0 radical (unpaired) electrons. The maximum Gasteiger partial charge on any atom is 0.119 e. The van der Waals surface area contributed by atoms with Crippen molar-refractivity contribution in [3.05, 3.63) is 42.1 Å². The number of rotatable bonds is 2. The molecule has 18 heavy (non-hydrogen) atoms. The van der Waals surface area contributed by atoms with Crippen LogP contribution in [0.2, 0.25) is 0 Å². The van der Waals surface area contributed by atoms with Gasteiger partial charge in [-0.3, -0.25) is 0 Å². The first-order chi connectivity index (χ1) is 8.67. The zero-order valence-electron chi connectivity index (χ0n) is 11.3. The van der Waals surface area contributed by atoms with Gasteiger partial charge in [0.05, 0.1) is 7.11 Å². The maximum absolute atomic E-state index is 5.37. The second-order valence-corrected chi connectivity index (χ2v) is 5.62. The summed E-state index contributed by atoms with van der Waals surface area (Å²) >= 11 is 0. The minimum atomic E-state index is 0.159. The molecular weight excluding hydrogens is 222 g/mol. The molecule has 2 bridgehead atoms. The number of likely N-dealkylation sites (tertiary alicyclic amines) is 1. The van der Waals surface area contributed by atoms with E-state index in [9.17, 15) is 0 Å². The zero-order valence-corrected chi connectivity index (χ0v) is 11.3. The second-order valence-electron chi connectivity index (χ2n) is 5.62. The molecule has 1 saturated heterocycles. The van der Waals surface area contributed by atoms with E-state index in [0.717, 1.165) is 5.75 Å². The Bertz CT molecular complexity index is 482. The Morgan fingerprint density at radius 3 is 3.06 bits per heavy atom. The molecule has 1 saturated carbocycles. The average Bonchev–Trinajstić information content (AvgIpc) is 2.61. The molecule has 2 atom stereocenters. The molecule has 96 valence electrons. The number of allylic oxidation sites excluding steroid dienone is 1. The Labute approximate surface area is 109 Å².